The molecule has 0 saturated carbocycles. The molecule has 0 bridgehead atoms. The second kappa shape index (κ2) is 9.07. The molecule has 0 aliphatic carbocycles. The maximum Gasteiger partial charge on any atom is 0.249 e. The fourth-order valence-corrected chi connectivity index (χ4v) is 3.73. The second-order valence-electron chi connectivity index (χ2n) is 7.18. The van der Waals surface area contributed by atoms with E-state index in [4.69, 9.17) is 18.7 Å². The van der Waals surface area contributed by atoms with E-state index in [0.29, 0.717) is 49.2 Å². The van der Waals surface area contributed by atoms with Crippen molar-refractivity contribution in [1.29, 1.82) is 0 Å². The molecule has 1 fully saturated rings. The quantitative estimate of drug-likeness (QED) is 0.541. The van der Waals surface area contributed by atoms with Gasteiger partial charge in [0.1, 0.15) is 11.8 Å². The maximum absolute atomic E-state index is 12.6. The van der Waals surface area contributed by atoms with E-state index in [1.165, 1.54) is 0 Å². The van der Waals surface area contributed by atoms with Crippen molar-refractivity contribution in [3.8, 4) is 28.6 Å². The monoisotopic (exact) mass is 423 g/mol. The van der Waals surface area contributed by atoms with Gasteiger partial charge in [-0.25, -0.2) is 0 Å². The molecule has 8 nitrogen and oxygen atoms in total. The van der Waals surface area contributed by atoms with Crippen molar-refractivity contribution >= 4 is 5.91 Å². The molecule has 1 saturated heterocycles. The number of amides is 1. The summed E-state index contributed by atoms with van der Waals surface area (Å²) in [7, 11) is 3.21. The van der Waals surface area contributed by atoms with Crippen LogP contribution in [0, 0.1) is 0 Å². The number of methoxy groups -OCH3 is 2. The SMILES string of the molecule is CCOc1ccc(-c2noc(C3CCC(=O)N3Cc3cccc(OC)c3)n2)cc1OC. The van der Waals surface area contributed by atoms with Gasteiger partial charge in [-0.3, -0.25) is 4.79 Å². The lowest BCUT2D eigenvalue weighted by Crippen LogP contribution is -2.27. The van der Waals surface area contributed by atoms with Crippen molar-refractivity contribution in [3.63, 3.8) is 0 Å². The van der Waals surface area contributed by atoms with Gasteiger partial charge < -0.3 is 23.6 Å². The molecule has 0 N–H and O–H groups in total. The molecule has 1 atom stereocenters. The van der Waals surface area contributed by atoms with Gasteiger partial charge in [0.15, 0.2) is 11.5 Å². The van der Waals surface area contributed by atoms with E-state index in [2.05, 4.69) is 10.1 Å². The van der Waals surface area contributed by atoms with Crippen LogP contribution >= 0.6 is 0 Å². The topological polar surface area (TPSA) is 86.9 Å². The summed E-state index contributed by atoms with van der Waals surface area (Å²) in [5.74, 6) is 2.94. The molecule has 8 heteroatoms. The Balaban J connectivity index is 1.56. The summed E-state index contributed by atoms with van der Waals surface area (Å²) in [6, 6.07) is 12.9. The van der Waals surface area contributed by atoms with E-state index in [0.717, 1.165) is 16.9 Å². The Labute approximate surface area is 180 Å². The van der Waals surface area contributed by atoms with E-state index in [1.807, 2.05) is 49.4 Å². The predicted octanol–water partition coefficient (Wildman–Crippen LogP) is 4.02. The molecular formula is C23H25N3O5. The number of ether oxygens (including phenoxy) is 3. The zero-order valence-corrected chi connectivity index (χ0v) is 17.8. The number of nitrogens with zero attached hydrogens (tertiary/aromatic N) is 3. The number of carbonyl (C=O) groups is 1. The number of hydrogen-bond donors (Lipinski definition) is 0. The van der Waals surface area contributed by atoms with Crippen molar-refractivity contribution < 1.29 is 23.5 Å². The normalized spacial score (nSPS) is 15.9. The van der Waals surface area contributed by atoms with Crippen molar-refractivity contribution in [2.75, 3.05) is 20.8 Å². The lowest BCUT2D eigenvalue weighted by Gasteiger charge is -2.22. The van der Waals surface area contributed by atoms with Gasteiger partial charge in [-0.05, 0) is 49.2 Å². The van der Waals surface area contributed by atoms with E-state index < -0.39 is 0 Å². The fraction of sp³-hybridized carbons (Fsp3) is 0.348. The molecule has 162 valence electrons. The first-order valence-corrected chi connectivity index (χ1v) is 10.2. The molecule has 0 spiro atoms. The summed E-state index contributed by atoms with van der Waals surface area (Å²) >= 11 is 0. The molecule has 1 aliphatic rings. The van der Waals surface area contributed by atoms with Crippen LogP contribution in [-0.4, -0.2) is 41.8 Å². The summed E-state index contributed by atoms with van der Waals surface area (Å²) in [5.41, 5.74) is 1.73. The predicted molar refractivity (Wildman–Crippen MR) is 113 cm³/mol. The van der Waals surface area contributed by atoms with E-state index in [9.17, 15) is 4.79 Å². The molecule has 31 heavy (non-hydrogen) atoms. The van der Waals surface area contributed by atoms with Crippen LogP contribution in [0.3, 0.4) is 0 Å². The third kappa shape index (κ3) is 4.33. The van der Waals surface area contributed by atoms with Crippen LogP contribution in [0.25, 0.3) is 11.4 Å². The molecule has 1 aromatic heterocycles. The molecule has 1 aliphatic heterocycles. The highest BCUT2D eigenvalue weighted by Gasteiger charge is 2.36. The molecule has 3 aromatic rings. The average Bonchev–Trinajstić information content (AvgIpc) is 3.42. The summed E-state index contributed by atoms with van der Waals surface area (Å²) < 4.78 is 21.8. The van der Waals surface area contributed by atoms with Crippen LogP contribution in [0.1, 0.15) is 37.3 Å². The number of benzene rings is 2. The van der Waals surface area contributed by atoms with Gasteiger partial charge in [0.05, 0.1) is 20.8 Å². The summed E-state index contributed by atoms with van der Waals surface area (Å²) in [6.07, 6.45) is 1.08. The van der Waals surface area contributed by atoms with Crippen molar-refractivity contribution in [2.24, 2.45) is 0 Å². The summed E-state index contributed by atoms with van der Waals surface area (Å²) in [5, 5.41) is 4.14. The van der Waals surface area contributed by atoms with Crippen molar-refractivity contribution in [3.05, 3.63) is 53.9 Å². The molecule has 2 aromatic carbocycles. The van der Waals surface area contributed by atoms with Gasteiger partial charge in [0.25, 0.3) is 0 Å². The Morgan fingerprint density at radius 3 is 2.77 bits per heavy atom. The van der Waals surface area contributed by atoms with Crippen molar-refractivity contribution in [1.82, 2.24) is 15.0 Å². The van der Waals surface area contributed by atoms with E-state index >= 15 is 0 Å². The molecule has 2 heterocycles. The number of rotatable bonds is 8. The first-order chi connectivity index (χ1) is 15.1. The number of aromatic nitrogens is 2. The minimum Gasteiger partial charge on any atom is -0.497 e. The first-order valence-electron chi connectivity index (χ1n) is 10.2. The highest BCUT2D eigenvalue weighted by Crippen LogP contribution is 2.36. The summed E-state index contributed by atoms with van der Waals surface area (Å²) in [4.78, 5) is 18.9. The van der Waals surface area contributed by atoms with Crippen LogP contribution < -0.4 is 14.2 Å². The Hall–Kier alpha value is -3.55. The smallest absolute Gasteiger partial charge is 0.249 e. The number of carbonyl (C=O) groups excluding carboxylic acids is 1. The number of hydrogen-bond acceptors (Lipinski definition) is 7. The summed E-state index contributed by atoms with van der Waals surface area (Å²) in [6.45, 7) is 2.91. The van der Waals surface area contributed by atoms with Crippen molar-refractivity contribution in [2.45, 2.75) is 32.4 Å². The standard InChI is InChI=1S/C23H25N3O5/c1-4-30-19-10-8-16(13-20(19)29-3)22-24-23(31-25-22)18-9-11-21(27)26(18)14-15-6-5-7-17(12-15)28-2/h5-8,10,12-13,18H,4,9,11,14H2,1-3H3. The zero-order chi connectivity index (χ0) is 21.8. The Bertz CT molecular complexity index is 1060. The van der Waals surface area contributed by atoms with Crippen LogP contribution in [0.5, 0.6) is 17.2 Å². The average molecular weight is 423 g/mol. The zero-order valence-electron chi connectivity index (χ0n) is 17.8. The van der Waals surface area contributed by atoms with Crippen LogP contribution in [-0.2, 0) is 11.3 Å². The van der Waals surface area contributed by atoms with Gasteiger partial charge >= 0.3 is 0 Å². The lowest BCUT2D eigenvalue weighted by atomic mass is 10.1. The third-order valence-corrected chi connectivity index (χ3v) is 5.26. The highest BCUT2D eigenvalue weighted by molar-refractivity contribution is 5.79. The van der Waals surface area contributed by atoms with Gasteiger partial charge in [0.2, 0.25) is 17.6 Å². The first kappa shape index (κ1) is 20.7. The molecule has 0 radical (unpaired) electrons. The second-order valence-corrected chi connectivity index (χ2v) is 7.18. The lowest BCUT2D eigenvalue weighted by molar-refractivity contribution is -0.130. The highest BCUT2D eigenvalue weighted by atomic mass is 16.5. The fourth-order valence-electron chi connectivity index (χ4n) is 3.73. The van der Waals surface area contributed by atoms with Gasteiger partial charge in [-0.1, -0.05) is 17.3 Å². The van der Waals surface area contributed by atoms with E-state index in [-0.39, 0.29) is 11.9 Å². The van der Waals surface area contributed by atoms with Crippen LogP contribution in [0.2, 0.25) is 0 Å². The Kier molecular flexibility index (Phi) is 6.06. The number of likely N-dealkylation sites (tertiary alicyclic amines) is 1. The third-order valence-electron chi connectivity index (χ3n) is 5.26. The van der Waals surface area contributed by atoms with Crippen LogP contribution in [0.15, 0.2) is 47.0 Å². The van der Waals surface area contributed by atoms with Crippen LogP contribution in [0.4, 0.5) is 0 Å². The molecule has 1 unspecified atom stereocenters. The molecule has 1 amide bonds. The Morgan fingerprint density at radius 2 is 2.00 bits per heavy atom. The minimum absolute atomic E-state index is 0.0651. The largest absolute Gasteiger partial charge is 0.497 e. The Morgan fingerprint density at radius 1 is 1.13 bits per heavy atom. The van der Waals surface area contributed by atoms with Gasteiger partial charge in [0, 0.05) is 18.5 Å². The minimum atomic E-state index is -0.260. The van der Waals surface area contributed by atoms with Gasteiger partial charge in [-0.15, -0.1) is 0 Å². The van der Waals surface area contributed by atoms with E-state index in [1.54, 1.807) is 19.1 Å². The van der Waals surface area contributed by atoms with Gasteiger partial charge in [-0.2, -0.15) is 4.98 Å². The maximum atomic E-state index is 12.6. The molecular weight excluding hydrogens is 398 g/mol. The molecule has 4 rings (SSSR count).